The second kappa shape index (κ2) is 6.48. The highest BCUT2D eigenvalue weighted by molar-refractivity contribution is 5.18. The summed E-state index contributed by atoms with van der Waals surface area (Å²) in [5, 5.41) is 7.55. The van der Waals surface area contributed by atoms with E-state index in [0.29, 0.717) is 6.42 Å². The molecule has 102 valence electrons. The lowest BCUT2D eigenvalue weighted by atomic mass is 10.1. The smallest absolute Gasteiger partial charge is 0.126 e. The van der Waals surface area contributed by atoms with E-state index in [2.05, 4.69) is 17.3 Å². The Bertz CT molecular complexity index is 522. The van der Waals surface area contributed by atoms with Gasteiger partial charge in [0.15, 0.2) is 0 Å². The minimum Gasteiger partial charge on any atom is -0.314 e. The van der Waals surface area contributed by atoms with E-state index in [1.54, 1.807) is 12.3 Å². The highest BCUT2D eigenvalue weighted by atomic mass is 19.1. The average molecular weight is 261 g/mol. The van der Waals surface area contributed by atoms with E-state index in [4.69, 9.17) is 0 Å². The van der Waals surface area contributed by atoms with Crippen LogP contribution < -0.4 is 5.32 Å². The molecule has 1 aromatic heterocycles. The third kappa shape index (κ3) is 3.89. The predicted molar refractivity (Wildman–Crippen MR) is 74.5 cm³/mol. The SMILES string of the molecule is C[C@@H](Cc1ccccc1F)NCCc1ccnn1C. The molecule has 3 nitrogen and oxygen atoms in total. The molecule has 0 fully saturated rings. The van der Waals surface area contributed by atoms with Crippen LogP contribution in [0.1, 0.15) is 18.2 Å². The molecule has 0 aliphatic heterocycles. The number of aryl methyl sites for hydroxylation is 1. The van der Waals surface area contributed by atoms with Crippen LogP contribution in [0.3, 0.4) is 0 Å². The molecule has 1 aromatic carbocycles. The van der Waals surface area contributed by atoms with E-state index in [0.717, 1.165) is 18.5 Å². The van der Waals surface area contributed by atoms with Crippen LogP contribution in [0.2, 0.25) is 0 Å². The maximum Gasteiger partial charge on any atom is 0.126 e. The maximum atomic E-state index is 13.5. The second-order valence-corrected chi connectivity index (χ2v) is 4.85. The fraction of sp³-hybridized carbons (Fsp3) is 0.400. The van der Waals surface area contributed by atoms with Gasteiger partial charge in [-0.05, 0) is 31.0 Å². The molecule has 1 atom stereocenters. The van der Waals surface area contributed by atoms with E-state index in [-0.39, 0.29) is 11.9 Å². The lowest BCUT2D eigenvalue weighted by molar-refractivity contribution is 0.523. The summed E-state index contributed by atoms with van der Waals surface area (Å²) in [6.45, 7) is 2.95. The molecule has 0 spiro atoms. The van der Waals surface area contributed by atoms with Crippen molar-refractivity contribution in [1.29, 1.82) is 0 Å². The lowest BCUT2D eigenvalue weighted by Gasteiger charge is -2.14. The van der Waals surface area contributed by atoms with Gasteiger partial charge in [0.1, 0.15) is 5.82 Å². The zero-order valence-electron chi connectivity index (χ0n) is 11.4. The molecule has 0 unspecified atom stereocenters. The molecule has 2 rings (SSSR count). The molecule has 2 aromatic rings. The summed E-state index contributed by atoms with van der Waals surface area (Å²) in [6.07, 6.45) is 3.44. The van der Waals surface area contributed by atoms with E-state index in [1.165, 1.54) is 11.8 Å². The van der Waals surface area contributed by atoms with Gasteiger partial charge < -0.3 is 5.32 Å². The first kappa shape index (κ1) is 13.7. The fourth-order valence-corrected chi connectivity index (χ4v) is 2.16. The van der Waals surface area contributed by atoms with Crippen LogP contribution in [0.15, 0.2) is 36.5 Å². The summed E-state index contributed by atoms with van der Waals surface area (Å²) >= 11 is 0. The van der Waals surface area contributed by atoms with Gasteiger partial charge in [-0.1, -0.05) is 18.2 Å². The molecular formula is C15H20FN3. The number of benzene rings is 1. The largest absolute Gasteiger partial charge is 0.314 e. The molecule has 0 aliphatic carbocycles. The van der Waals surface area contributed by atoms with Crippen molar-refractivity contribution in [3.63, 3.8) is 0 Å². The zero-order valence-corrected chi connectivity index (χ0v) is 11.4. The summed E-state index contributed by atoms with van der Waals surface area (Å²) < 4.78 is 15.4. The monoisotopic (exact) mass is 261 g/mol. The summed E-state index contributed by atoms with van der Waals surface area (Å²) in [7, 11) is 1.94. The third-order valence-electron chi connectivity index (χ3n) is 3.28. The van der Waals surface area contributed by atoms with Crippen LogP contribution in [0.4, 0.5) is 4.39 Å². The standard InChI is InChI=1S/C15H20FN3/c1-12(11-13-5-3-4-6-15(13)16)17-9-7-14-8-10-18-19(14)2/h3-6,8,10,12,17H,7,9,11H2,1-2H3/t12-/m0/s1. The van der Waals surface area contributed by atoms with Gasteiger partial charge in [0.2, 0.25) is 0 Å². The Morgan fingerprint density at radius 3 is 2.79 bits per heavy atom. The molecule has 19 heavy (non-hydrogen) atoms. The Kier molecular flexibility index (Phi) is 4.68. The molecule has 0 aliphatic rings. The first-order valence-electron chi connectivity index (χ1n) is 6.60. The highest BCUT2D eigenvalue weighted by Crippen LogP contribution is 2.09. The number of halogens is 1. The topological polar surface area (TPSA) is 29.9 Å². The lowest BCUT2D eigenvalue weighted by Crippen LogP contribution is -2.30. The number of nitrogens with one attached hydrogen (secondary N) is 1. The van der Waals surface area contributed by atoms with E-state index in [9.17, 15) is 4.39 Å². The summed E-state index contributed by atoms with van der Waals surface area (Å²) in [5.41, 5.74) is 1.97. The van der Waals surface area contributed by atoms with Gasteiger partial charge in [0.05, 0.1) is 0 Å². The molecule has 0 saturated carbocycles. The first-order chi connectivity index (χ1) is 9.16. The number of rotatable bonds is 6. The number of hydrogen-bond donors (Lipinski definition) is 1. The summed E-state index contributed by atoms with van der Waals surface area (Å²) in [5.74, 6) is -0.122. The number of aromatic nitrogens is 2. The van der Waals surface area contributed by atoms with Crippen molar-refractivity contribution >= 4 is 0 Å². The molecule has 4 heteroatoms. The Morgan fingerprint density at radius 2 is 2.11 bits per heavy atom. The fourth-order valence-electron chi connectivity index (χ4n) is 2.16. The van der Waals surface area contributed by atoms with Gasteiger partial charge in [-0.2, -0.15) is 5.10 Å². The van der Waals surface area contributed by atoms with Gasteiger partial charge in [-0.15, -0.1) is 0 Å². The van der Waals surface area contributed by atoms with Crippen molar-refractivity contribution in [3.05, 3.63) is 53.6 Å². The minimum absolute atomic E-state index is 0.122. The normalized spacial score (nSPS) is 12.6. The Hall–Kier alpha value is -1.68. The van der Waals surface area contributed by atoms with Gasteiger partial charge in [-0.3, -0.25) is 4.68 Å². The molecule has 0 saturated heterocycles. The van der Waals surface area contributed by atoms with Gasteiger partial charge >= 0.3 is 0 Å². The Labute approximate surface area is 113 Å². The summed E-state index contributed by atoms with van der Waals surface area (Å²) in [4.78, 5) is 0. The first-order valence-corrected chi connectivity index (χ1v) is 6.60. The maximum absolute atomic E-state index is 13.5. The number of nitrogens with zero attached hydrogens (tertiary/aromatic N) is 2. The van der Waals surface area contributed by atoms with Gasteiger partial charge in [0.25, 0.3) is 0 Å². The highest BCUT2D eigenvalue weighted by Gasteiger charge is 2.07. The van der Waals surface area contributed by atoms with Crippen LogP contribution in [0.25, 0.3) is 0 Å². The van der Waals surface area contributed by atoms with Crippen molar-refractivity contribution in [2.75, 3.05) is 6.54 Å². The molecule has 1 N–H and O–H groups in total. The molecule has 0 radical (unpaired) electrons. The van der Waals surface area contributed by atoms with Crippen molar-refractivity contribution in [2.45, 2.75) is 25.8 Å². The molecular weight excluding hydrogens is 241 g/mol. The number of hydrogen-bond acceptors (Lipinski definition) is 2. The quantitative estimate of drug-likeness (QED) is 0.865. The van der Waals surface area contributed by atoms with Crippen LogP contribution in [0.5, 0.6) is 0 Å². The van der Waals surface area contributed by atoms with Gasteiger partial charge in [0, 0.05) is 37.9 Å². The van der Waals surface area contributed by atoms with E-state index in [1.807, 2.05) is 29.9 Å². The van der Waals surface area contributed by atoms with E-state index >= 15 is 0 Å². The van der Waals surface area contributed by atoms with Crippen molar-refractivity contribution in [3.8, 4) is 0 Å². The van der Waals surface area contributed by atoms with Crippen molar-refractivity contribution < 1.29 is 4.39 Å². The summed E-state index contributed by atoms with van der Waals surface area (Å²) in [6, 6.07) is 9.22. The van der Waals surface area contributed by atoms with Crippen LogP contribution in [-0.2, 0) is 19.9 Å². The molecule has 0 amide bonds. The third-order valence-corrected chi connectivity index (χ3v) is 3.28. The van der Waals surface area contributed by atoms with Crippen molar-refractivity contribution in [2.24, 2.45) is 7.05 Å². The molecule has 1 heterocycles. The molecule has 0 bridgehead atoms. The van der Waals surface area contributed by atoms with Crippen LogP contribution >= 0.6 is 0 Å². The Balaban J connectivity index is 1.78. The van der Waals surface area contributed by atoms with Gasteiger partial charge in [-0.25, -0.2) is 4.39 Å². The van der Waals surface area contributed by atoms with Crippen LogP contribution in [-0.4, -0.2) is 22.4 Å². The minimum atomic E-state index is -0.122. The zero-order chi connectivity index (χ0) is 13.7. The van der Waals surface area contributed by atoms with E-state index < -0.39 is 0 Å². The average Bonchev–Trinajstić information content (AvgIpc) is 2.78. The Morgan fingerprint density at radius 1 is 1.32 bits per heavy atom. The second-order valence-electron chi connectivity index (χ2n) is 4.85. The predicted octanol–water partition coefficient (Wildman–Crippen LogP) is 2.32. The van der Waals surface area contributed by atoms with Crippen molar-refractivity contribution in [1.82, 2.24) is 15.1 Å². The van der Waals surface area contributed by atoms with Crippen LogP contribution in [0, 0.1) is 5.82 Å².